The highest BCUT2D eigenvalue weighted by Crippen LogP contribution is 2.08. The highest BCUT2D eigenvalue weighted by molar-refractivity contribution is 7.54. The largest absolute Gasteiger partial charge is 0.643 e. The van der Waals surface area contributed by atoms with Crippen LogP contribution >= 0.6 is 30.1 Å². The Balaban J connectivity index is 0.000000481. The molecule has 184 valence electrons. The summed E-state index contributed by atoms with van der Waals surface area (Å²) in [4.78, 5) is 42.1. The van der Waals surface area contributed by atoms with Gasteiger partial charge in [-0.05, 0) is 49.2 Å². The minimum Gasteiger partial charge on any atom is -0.481 e. The summed E-state index contributed by atoms with van der Waals surface area (Å²) in [5.41, 5.74) is 0.418. The Bertz CT molecular complexity index is 883. The van der Waals surface area contributed by atoms with Crippen LogP contribution in [-0.2, 0) is 19.1 Å². The van der Waals surface area contributed by atoms with Gasteiger partial charge in [-0.2, -0.15) is 0 Å². The molecule has 1 aliphatic rings. The molecule has 34 heavy (non-hydrogen) atoms. The van der Waals surface area contributed by atoms with Crippen molar-refractivity contribution in [2.45, 2.75) is 38.5 Å². The van der Waals surface area contributed by atoms with Crippen molar-refractivity contribution in [3.8, 4) is 0 Å². The molecule has 12 heteroatoms. The second kappa shape index (κ2) is 19.3. The minimum atomic E-state index is -1.72. The van der Waals surface area contributed by atoms with E-state index >= 15 is 0 Å². The van der Waals surface area contributed by atoms with Gasteiger partial charge in [-0.15, -0.1) is 0 Å². The van der Waals surface area contributed by atoms with Gasteiger partial charge in [0.2, 0.25) is 0 Å². The lowest BCUT2D eigenvalue weighted by molar-refractivity contribution is -0.163. The highest BCUT2D eigenvalue weighted by atomic mass is 35.8. The predicted molar refractivity (Wildman–Crippen MR) is 127 cm³/mol. The molecule has 0 unspecified atom stereocenters. The molecule has 0 atom stereocenters. The highest BCUT2D eigenvalue weighted by Gasteiger charge is 2.16. The van der Waals surface area contributed by atoms with E-state index in [4.69, 9.17) is 35.3 Å². The van der Waals surface area contributed by atoms with Gasteiger partial charge < -0.3 is 9.84 Å². The molecule has 0 radical (unpaired) electrons. The van der Waals surface area contributed by atoms with Gasteiger partial charge in [0.1, 0.15) is 11.6 Å². The standard InChI is InChI=1S/C11H11FO3.C6H5F.C5H6O3.Al.3ClH/c12-9-6-4-8(5-7-9)10(13)2-1-3-11(14)15;7-6-4-2-1-3-5-6;6-4-2-1-3-5(7)8-4;;;;/h4-7H,1-3H2,(H,14,15);1-5H;1-3H2;;3*1H/q;;;+3;;;/p-3. The molecule has 3 rings (SSSR count). The van der Waals surface area contributed by atoms with Gasteiger partial charge in [0, 0.05) is 31.2 Å². The summed E-state index contributed by atoms with van der Waals surface area (Å²) in [5, 5.41) is 8.37. The number of carboxylic acid groups (broad SMARTS) is 1. The zero-order valence-electron chi connectivity index (χ0n) is 17.9. The van der Waals surface area contributed by atoms with E-state index in [-0.39, 0.29) is 36.4 Å². The van der Waals surface area contributed by atoms with Crippen molar-refractivity contribution < 1.29 is 37.8 Å². The third-order valence-corrected chi connectivity index (χ3v) is 3.68. The van der Waals surface area contributed by atoms with Gasteiger partial charge in [-0.3, -0.25) is 19.2 Å². The van der Waals surface area contributed by atoms with E-state index in [0.717, 1.165) is 0 Å². The number of hydrogen-bond acceptors (Lipinski definition) is 5. The van der Waals surface area contributed by atoms with E-state index in [1.165, 1.54) is 36.4 Å². The third-order valence-electron chi connectivity index (χ3n) is 3.68. The molecule has 1 N–H and O–H groups in total. The van der Waals surface area contributed by atoms with Gasteiger partial charge in [0.05, 0.1) is 0 Å². The maximum absolute atomic E-state index is 12.5. The first-order valence-corrected chi connectivity index (χ1v) is 15.1. The van der Waals surface area contributed by atoms with Crippen LogP contribution in [0.5, 0.6) is 0 Å². The van der Waals surface area contributed by atoms with Crippen LogP contribution in [0, 0.1) is 11.6 Å². The van der Waals surface area contributed by atoms with Crippen LogP contribution in [0.3, 0.4) is 0 Å². The van der Waals surface area contributed by atoms with Crippen LogP contribution in [0.4, 0.5) is 8.78 Å². The van der Waals surface area contributed by atoms with Gasteiger partial charge in [0.15, 0.2) is 5.78 Å². The van der Waals surface area contributed by atoms with Crippen molar-refractivity contribution in [2.24, 2.45) is 0 Å². The first-order chi connectivity index (χ1) is 16.0. The topological polar surface area (TPSA) is 97.7 Å². The lowest BCUT2D eigenvalue weighted by Crippen LogP contribution is -2.17. The Kier molecular flexibility index (Phi) is 18.2. The molecule has 6 nitrogen and oxygen atoms in total. The van der Waals surface area contributed by atoms with Crippen LogP contribution < -0.4 is 0 Å². The smallest absolute Gasteiger partial charge is 0.481 e. The van der Waals surface area contributed by atoms with E-state index < -0.39 is 23.2 Å². The average Bonchev–Trinajstić information content (AvgIpc) is 2.75. The molecule has 0 saturated carbocycles. The molecule has 0 aromatic heterocycles. The Hall–Kier alpha value is -2.02. The maximum atomic E-state index is 12.5. The fraction of sp³-hybridized carbons (Fsp3) is 0.273. The van der Waals surface area contributed by atoms with Gasteiger partial charge in [-0.1, -0.05) is 18.2 Å². The lowest BCUT2D eigenvalue weighted by atomic mass is 10.1. The summed E-state index contributed by atoms with van der Waals surface area (Å²) in [6.45, 7) is 0. The van der Waals surface area contributed by atoms with E-state index in [1.54, 1.807) is 18.2 Å². The molecule has 2 aromatic rings. The summed E-state index contributed by atoms with van der Waals surface area (Å²) in [7, 11) is 14.8. The van der Waals surface area contributed by atoms with Crippen molar-refractivity contribution in [1.29, 1.82) is 0 Å². The average molecular weight is 554 g/mol. The Morgan fingerprint density at radius 3 is 1.68 bits per heavy atom. The van der Waals surface area contributed by atoms with Gasteiger partial charge >= 0.3 is 29.3 Å². The zero-order valence-corrected chi connectivity index (χ0v) is 21.3. The van der Waals surface area contributed by atoms with E-state index in [2.05, 4.69) is 4.74 Å². The predicted octanol–water partition coefficient (Wildman–Crippen LogP) is 6.02. The van der Waals surface area contributed by atoms with Crippen LogP contribution in [0.25, 0.3) is 0 Å². The molecule has 0 aliphatic carbocycles. The molecule has 0 bridgehead atoms. The van der Waals surface area contributed by atoms with E-state index in [9.17, 15) is 28.0 Å². The van der Waals surface area contributed by atoms with Crippen LogP contribution in [-0.4, -0.2) is 40.2 Å². The fourth-order valence-corrected chi connectivity index (χ4v) is 2.20. The molecule has 0 spiro atoms. The minimum absolute atomic E-state index is 0.0209. The van der Waals surface area contributed by atoms with Crippen molar-refractivity contribution >= 4 is 65.2 Å². The number of aliphatic carboxylic acids is 1. The summed E-state index contributed by atoms with van der Waals surface area (Å²) in [6, 6.07) is 13.2. The normalized spacial score (nSPS) is 11.8. The van der Waals surface area contributed by atoms with Crippen molar-refractivity contribution in [2.75, 3.05) is 0 Å². The van der Waals surface area contributed by atoms with E-state index in [1.807, 2.05) is 0 Å². The number of esters is 2. The number of carboxylic acids is 1. The molecule has 0 amide bonds. The number of Topliss-reactive ketones (excluding diaryl/α,β-unsaturated/α-hetero) is 1. The van der Waals surface area contributed by atoms with Crippen molar-refractivity contribution in [1.82, 2.24) is 0 Å². The van der Waals surface area contributed by atoms with E-state index in [0.29, 0.717) is 31.2 Å². The molecule has 1 heterocycles. The zero-order chi connectivity index (χ0) is 25.9. The second-order valence-corrected chi connectivity index (χ2v) is 12.9. The van der Waals surface area contributed by atoms with Crippen molar-refractivity contribution in [3.05, 3.63) is 71.8 Å². The van der Waals surface area contributed by atoms with Gasteiger partial charge in [-0.25, -0.2) is 38.9 Å². The van der Waals surface area contributed by atoms with Crippen LogP contribution in [0.2, 0.25) is 0 Å². The number of hydrogen-bond donors (Lipinski definition) is 1. The molecule has 1 saturated heterocycles. The Morgan fingerprint density at radius 2 is 1.32 bits per heavy atom. The monoisotopic (exact) mass is 552 g/mol. The summed E-state index contributed by atoms with van der Waals surface area (Å²) >= 11 is -1.72. The molecular formula is C22H22AlCl3F2O6. The fourth-order valence-electron chi connectivity index (χ4n) is 2.20. The molecule has 1 fully saturated rings. The number of carbonyl (C=O) groups is 4. The third kappa shape index (κ3) is 19.5. The quantitative estimate of drug-likeness (QED) is 0.211. The summed E-state index contributed by atoms with van der Waals surface area (Å²) < 4.78 is 28.6. The van der Waals surface area contributed by atoms with Crippen molar-refractivity contribution in [3.63, 3.8) is 0 Å². The number of halogens is 5. The molecule has 2 aromatic carbocycles. The van der Waals surface area contributed by atoms with Gasteiger partial charge in [0.25, 0.3) is 0 Å². The number of ether oxygens (including phenoxy) is 1. The first kappa shape index (κ1) is 32.0. The number of cyclic esters (lactones) is 2. The van der Waals surface area contributed by atoms with Crippen LogP contribution in [0.15, 0.2) is 54.6 Å². The molecule has 1 aliphatic heterocycles. The SMILES string of the molecule is Fc1ccccc1.O=C(O)CCCC(=O)c1ccc(F)cc1.O=C1CCCC(=O)O1.[Cl][Al]([Cl])[Cl]. The second-order valence-electron chi connectivity index (χ2n) is 6.42. The lowest BCUT2D eigenvalue weighted by Gasteiger charge is -2.06. The number of benzene rings is 2. The van der Waals surface area contributed by atoms with Crippen LogP contribution in [0.1, 0.15) is 48.9 Å². The first-order valence-electron chi connectivity index (χ1n) is 9.88. The Labute approximate surface area is 212 Å². The molecular weight excluding hydrogens is 532 g/mol. The number of carbonyl (C=O) groups excluding carboxylic acids is 3. The summed E-state index contributed by atoms with van der Waals surface area (Å²) in [5.74, 6) is -2.42. The number of rotatable bonds is 5. The maximum Gasteiger partial charge on any atom is 0.643 e. The Morgan fingerprint density at radius 1 is 0.853 bits per heavy atom. The number of ketones is 1. The summed E-state index contributed by atoms with van der Waals surface area (Å²) in [6.07, 6.45) is 1.91.